The van der Waals surface area contributed by atoms with Gasteiger partial charge in [0.15, 0.2) is 0 Å². The SMILES string of the molecule is CCCNC(Cc1cc(OC)ccc1Br)C(F)F. The Morgan fingerprint density at radius 3 is 2.67 bits per heavy atom. The number of hydrogen-bond donors (Lipinski definition) is 1. The van der Waals surface area contributed by atoms with Crippen LogP contribution in [0.5, 0.6) is 5.75 Å². The van der Waals surface area contributed by atoms with Gasteiger partial charge in [0, 0.05) is 4.47 Å². The molecular weight excluding hydrogens is 304 g/mol. The monoisotopic (exact) mass is 321 g/mol. The van der Waals surface area contributed by atoms with Crippen molar-refractivity contribution >= 4 is 15.9 Å². The van der Waals surface area contributed by atoms with Gasteiger partial charge in [-0.3, -0.25) is 0 Å². The van der Waals surface area contributed by atoms with E-state index < -0.39 is 12.5 Å². The minimum atomic E-state index is -2.38. The summed E-state index contributed by atoms with van der Waals surface area (Å²) in [6.45, 7) is 2.55. The molecule has 1 aromatic rings. The van der Waals surface area contributed by atoms with Crippen molar-refractivity contribution < 1.29 is 13.5 Å². The van der Waals surface area contributed by atoms with Gasteiger partial charge in [0.2, 0.25) is 0 Å². The fourth-order valence-corrected chi connectivity index (χ4v) is 2.06. The molecule has 102 valence electrons. The standard InChI is InChI=1S/C13H18BrF2NO/c1-3-6-17-12(13(15)16)8-9-7-10(18-2)4-5-11(9)14/h4-5,7,12-13,17H,3,6,8H2,1-2H3. The molecule has 18 heavy (non-hydrogen) atoms. The zero-order chi connectivity index (χ0) is 13.5. The van der Waals surface area contributed by atoms with Crippen LogP contribution in [0.4, 0.5) is 8.78 Å². The van der Waals surface area contributed by atoms with Crippen LogP contribution in [-0.2, 0) is 6.42 Å². The van der Waals surface area contributed by atoms with Gasteiger partial charge < -0.3 is 10.1 Å². The van der Waals surface area contributed by atoms with E-state index in [4.69, 9.17) is 4.74 Å². The summed E-state index contributed by atoms with van der Waals surface area (Å²) in [5.74, 6) is 0.678. The predicted octanol–water partition coefficient (Wildman–Crippen LogP) is 3.63. The normalized spacial score (nSPS) is 12.8. The van der Waals surface area contributed by atoms with Crippen LogP contribution in [0, 0.1) is 0 Å². The zero-order valence-corrected chi connectivity index (χ0v) is 12.1. The molecule has 0 aliphatic carbocycles. The van der Waals surface area contributed by atoms with E-state index in [9.17, 15) is 8.78 Å². The molecule has 1 unspecified atom stereocenters. The van der Waals surface area contributed by atoms with E-state index in [0.717, 1.165) is 16.5 Å². The molecule has 0 aromatic heterocycles. The molecule has 0 heterocycles. The van der Waals surface area contributed by atoms with Crippen LogP contribution in [0.1, 0.15) is 18.9 Å². The molecule has 1 aromatic carbocycles. The molecule has 1 atom stereocenters. The molecule has 0 saturated heterocycles. The van der Waals surface area contributed by atoms with E-state index in [0.29, 0.717) is 12.3 Å². The molecule has 0 bridgehead atoms. The fraction of sp³-hybridized carbons (Fsp3) is 0.538. The Morgan fingerprint density at radius 2 is 2.11 bits per heavy atom. The van der Waals surface area contributed by atoms with Gasteiger partial charge in [-0.1, -0.05) is 22.9 Å². The van der Waals surface area contributed by atoms with Crippen molar-refractivity contribution in [2.24, 2.45) is 0 Å². The second-order valence-corrected chi connectivity index (χ2v) is 4.91. The van der Waals surface area contributed by atoms with Gasteiger partial charge in [-0.05, 0) is 43.1 Å². The number of rotatable bonds is 7. The molecule has 1 N–H and O–H groups in total. The van der Waals surface area contributed by atoms with E-state index in [1.165, 1.54) is 0 Å². The number of hydrogen-bond acceptors (Lipinski definition) is 2. The molecule has 1 rings (SSSR count). The van der Waals surface area contributed by atoms with Crippen molar-refractivity contribution in [1.29, 1.82) is 0 Å². The number of halogens is 3. The highest BCUT2D eigenvalue weighted by atomic mass is 79.9. The summed E-state index contributed by atoms with van der Waals surface area (Å²) < 4.78 is 31.8. The molecule has 0 aliphatic heterocycles. The molecule has 0 fully saturated rings. The third-order valence-corrected chi connectivity index (χ3v) is 3.43. The minimum Gasteiger partial charge on any atom is -0.497 e. The molecule has 0 saturated carbocycles. The third kappa shape index (κ3) is 4.53. The quantitative estimate of drug-likeness (QED) is 0.828. The van der Waals surface area contributed by atoms with Gasteiger partial charge in [0.1, 0.15) is 5.75 Å². The van der Waals surface area contributed by atoms with Crippen molar-refractivity contribution in [3.8, 4) is 5.75 Å². The highest BCUT2D eigenvalue weighted by Gasteiger charge is 2.21. The molecule has 0 spiro atoms. The van der Waals surface area contributed by atoms with Crippen LogP contribution in [0.25, 0.3) is 0 Å². The number of alkyl halides is 2. The first-order valence-electron chi connectivity index (χ1n) is 5.92. The Balaban J connectivity index is 2.78. The molecule has 0 aliphatic rings. The maximum absolute atomic E-state index is 12.9. The smallest absolute Gasteiger partial charge is 0.254 e. The van der Waals surface area contributed by atoms with Crippen molar-refractivity contribution in [2.75, 3.05) is 13.7 Å². The van der Waals surface area contributed by atoms with Gasteiger partial charge >= 0.3 is 0 Å². The molecule has 2 nitrogen and oxygen atoms in total. The lowest BCUT2D eigenvalue weighted by Crippen LogP contribution is -2.38. The Kier molecular flexibility index (Phi) is 6.57. The van der Waals surface area contributed by atoms with Crippen molar-refractivity contribution in [2.45, 2.75) is 32.2 Å². The Morgan fingerprint density at radius 1 is 1.39 bits per heavy atom. The third-order valence-electron chi connectivity index (χ3n) is 2.65. The van der Waals surface area contributed by atoms with Crippen molar-refractivity contribution in [1.82, 2.24) is 5.32 Å². The van der Waals surface area contributed by atoms with Gasteiger partial charge in [-0.15, -0.1) is 0 Å². The minimum absolute atomic E-state index is 0.273. The summed E-state index contributed by atoms with van der Waals surface area (Å²) in [6, 6.07) is 4.57. The first-order chi connectivity index (χ1) is 8.58. The van der Waals surface area contributed by atoms with Gasteiger partial charge in [0.05, 0.1) is 13.2 Å². The lowest BCUT2D eigenvalue weighted by molar-refractivity contribution is 0.0982. The Bertz CT molecular complexity index is 374. The van der Waals surface area contributed by atoms with E-state index >= 15 is 0 Å². The summed E-state index contributed by atoms with van der Waals surface area (Å²) in [5.41, 5.74) is 0.822. The van der Waals surface area contributed by atoms with Crippen LogP contribution in [-0.4, -0.2) is 26.1 Å². The fourth-order valence-electron chi connectivity index (χ4n) is 1.65. The first kappa shape index (κ1) is 15.4. The average Bonchev–Trinajstić information content (AvgIpc) is 2.36. The van der Waals surface area contributed by atoms with E-state index in [1.807, 2.05) is 13.0 Å². The van der Waals surface area contributed by atoms with Crippen LogP contribution in [0.15, 0.2) is 22.7 Å². The number of benzene rings is 1. The maximum Gasteiger partial charge on any atom is 0.254 e. The van der Waals surface area contributed by atoms with Gasteiger partial charge in [-0.25, -0.2) is 8.78 Å². The number of ether oxygens (including phenoxy) is 1. The van der Waals surface area contributed by atoms with Crippen LogP contribution in [0.2, 0.25) is 0 Å². The van der Waals surface area contributed by atoms with Crippen molar-refractivity contribution in [3.63, 3.8) is 0 Å². The molecule has 0 radical (unpaired) electrons. The molecular formula is C13H18BrF2NO. The highest BCUT2D eigenvalue weighted by Crippen LogP contribution is 2.24. The van der Waals surface area contributed by atoms with E-state index in [1.54, 1.807) is 19.2 Å². The first-order valence-corrected chi connectivity index (χ1v) is 6.71. The topological polar surface area (TPSA) is 21.3 Å². The van der Waals surface area contributed by atoms with Crippen LogP contribution < -0.4 is 10.1 Å². The lowest BCUT2D eigenvalue weighted by atomic mass is 10.1. The average molecular weight is 322 g/mol. The number of methoxy groups -OCH3 is 1. The molecule has 5 heteroatoms. The largest absolute Gasteiger partial charge is 0.497 e. The van der Waals surface area contributed by atoms with Crippen LogP contribution >= 0.6 is 15.9 Å². The summed E-state index contributed by atoms with van der Waals surface area (Å²) in [6.07, 6.45) is -1.27. The molecule has 0 amide bonds. The van der Waals surface area contributed by atoms with Gasteiger partial charge in [-0.2, -0.15) is 0 Å². The Labute approximate surface area is 115 Å². The summed E-state index contributed by atoms with van der Waals surface area (Å²) in [7, 11) is 1.56. The summed E-state index contributed by atoms with van der Waals surface area (Å²) in [5, 5.41) is 2.87. The number of nitrogens with one attached hydrogen (secondary N) is 1. The lowest BCUT2D eigenvalue weighted by Gasteiger charge is -2.18. The summed E-state index contributed by atoms with van der Waals surface area (Å²) in [4.78, 5) is 0. The van der Waals surface area contributed by atoms with Crippen molar-refractivity contribution in [3.05, 3.63) is 28.2 Å². The van der Waals surface area contributed by atoms with E-state index in [-0.39, 0.29) is 6.42 Å². The van der Waals surface area contributed by atoms with Gasteiger partial charge in [0.25, 0.3) is 6.43 Å². The second kappa shape index (κ2) is 7.69. The highest BCUT2D eigenvalue weighted by molar-refractivity contribution is 9.10. The summed E-state index contributed by atoms with van der Waals surface area (Å²) >= 11 is 3.38. The van der Waals surface area contributed by atoms with Crippen LogP contribution in [0.3, 0.4) is 0 Å². The maximum atomic E-state index is 12.9. The zero-order valence-electron chi connectivity index (χ0n) is 10.6. The Hall–Kier alpha value is -0.680. The second-order valence-electron chi connectivity index (χ2n) is 4.06. The predicted molar refractivity (Wildman–Crippen MR) is 72.5 cm³/mol. The van der Waals surface area contributed by atoms with E-state index in [2.05, 4.69) is 21.2 Å².